The monoisotopic (exact) mass is 245 g/mol. The molecule has 0 bridgehead atoms. The van der Waals surface area contributed by atoms with E-state index in [0.717, 1.165) is 17.7 Å². The van der Waals surface area contributed by atoms with E-state index in [9.17, 15) is 4.79 Å². The molecule has 2 heteroatoms. The molecule has 1 aromatic carbocycles. The Morgan fingerprint density at radius 2 is 2.22 bits per heavy atom. The van der Waals surface area contributed by atoms with Crippen molar-refractivity contribution in [2.75, 3.05) is 13.1 Å². The maximum Gasteiger partial charge on any atom is 0.176 e. The predicted octanol–water partition coefficient (Wildman–Crippen LogP) is 3.30. The average molecular weight is 245 g/mol. The zero-order valence-corrected chi connectivity index (χ0v) is 11.6. The molecule has 18 heavy (non-hydrogen) atoms. The van der Waals surface area contributed by atoms with E-state index in [4.69, 9.17) is 0 Å². The number of carbonyl (C=O) groups excluding carboxylic acids is 1. The van der Waals surface area contributed by atoms with Gasteiger partial charge >= 0.3 is 0 Å². The van der Waals surface area contributed by atoms with E-state index in [1.54, 1.807) is 0 Å². The number of carbonyl (C=O) groups is 1. The first-order valence-corrected chi connectivity index (χ1v) is 6.92. The van der Waals surface area contributed by atoms with Crippen molar-refractivity contribution >= 4 is 5.78 Å². The third-order valence-electron chi connectivity index (χ3n) is 3.87. The van der Waals surface area contributed by atoms with Gasteiger partial charge in [0.2, 0.25) is 0 Å². The highest BCUT2D eigenvalue weighted by atomic mass is 16.1. The summed E-state index contributed by atoms with van der Waals surface area (Å²) in [6.07, 6.45) is 2.46. The van der Waals surface area contributed by atoms with Crippen LogP contribution >= 0.6 is 0 Å². The molecule has 1 unspecified atom stereocenters. The van der Waals surface area contributed by atoms with Crippen LogP contribution in [0.25, 0.3) is 0 Å². The third kappa shape index (κ3) is 2.99. The molecule has 0 radical (unpaired) electrons. The molecule has 98 valence electrons. The predicted molar refractivity (Wildman–Crippen MR) is 74.9 cm³/mol. The maximum absolute atomic E-state index is 12.3. The van der Waals surface area contributed by atoms with E-state index in [-0.39, 0.29) is 5.78 Å². The van der Waals surface area contributed by atoms with Gasteiger partial charge in [-0.25, -0.2) is 0 Å². The van der Waals surface area contributed by atoms with Crippen LogP contribution in [0.3, 0.4) is 0 Å². The van der Waals surface area contributed by atoms with Crippen LogP contribution in [-0.4, -0.2) is 29.8 Å². The van der Waals surface area contributed by atoms with E-state index >= 15 is 0 Å². The summed E-state index contributed by atoms with van der Waals surface area (Å²) < 4.78 is 0. The molecule has 0 spiro atoms. The van der Waals surface area contributed by atoms with Gasteiger partial charge in [0, 0.05) is 11.6 Å². The van der Waals surface area contributed by atoms with Crippen LogP contribution in [0.1, 0.15) is 42.6 Å². The first kappa shape index (κ1) is 13.3. The molecule has 0 amide bonds. The summed E-state index contributed by atoms with van der Waals surface area (Å²) in [4.78, 5) is 14.6. The number of benzene rings is 1. The van der Waals surface area contributed by atoms with Crippen LogP contribution < -0.4 is 0 Å². The highest BCUT2D eigenvalue weighted by Crippen LogP contribution is 2.23. The molecule has 1 aromatic rings. The van der Waals surface area contributed by atoms with Gasteiger partial charge in [0.05, 0.1) is 6.54 Å². The topological polar surface area (TPSA) is 20.3 Å². The molecule has 0 saturated carbocycles. The second kappa shape index (κ2) is 5.66. The van der Waals surface area contributed by atoms with E-state index in [1.807, 2.05) is 31.2 Å². The van der Waals surface area contributed by atoms with Gasteiger partial charge in [-0.15, -0.1) is 0 Å². The number of nitrogens with zero attached hydrogens (tertiary/aromatic N) is 1. The minimum atomic E-state index is 0.256. The fourth-order valence-corrected chi connectivity index (χ4v) is 2.90. The Labute approximate surface area is 110 Å². The van der Waals surface area contributed by atoms with Crippen molar-refractivity contribution in [1.82, 2.24) is 4.90 Å². The number of hydrogen-bond donors (Lipinski definition) is 0. The second-order valence-corrected chi connectivity index (χ2v) is 5.72. The summed E-state index contributed by atoms with van der Waals surface area (Å²) in [5.74, 6) is 0.893. The molecule has 1 saturated heterocycles. The Balaban J connectivity index is 2.03. The number of hydrogen-bond acceptors (Lipinski definition) is 2. The van der Waals surface area contributed by atoms with Gasteiger partial charge in [-0.05, 0) is 38.3 Å². The molecular formula is C16H23NO. The van der Waals surface area contributed by atoms with Crippen molar-refractivity contribution in [2.45, 2.75) is 39.7 Å². The minimum absolute atomic E-state index is 0.256. The molecular weight excluding hydrogens is 222 g/mol. The SMILES string of the molecule is Cc1cccc(C(=O)CN2CCCC2C(C)C)c1. The van der Waals surface area contributed by atoms with Gasteiger partial charge < -0.3 is 0 Å². The second-order valence-electron chi connectivity index (χ2n) is 5.72. The van der Waals surface area contributed by atoms with Crippen LogP contribution in [0.15, 0.2) is 24.3 Å². The Morgan fingerprint density at radius 3 is 2.89 bits per heavy atom. The third-order valence-corrected chi connectivity index (χ3v) is 3.87. The Bertz CT molecular complexity index is 425. The fourth-order valence-electron chi connectivity index (χ4n) is 2.90. The fraction of sp³-hybridized carbons (Fsp3) is 0.562. The van der Waals surface area contributed by atoms with Crippen LogP contribution in [-0.2, 0) is 0 Å². The number of rotatable bonds is 4. The quantitative estimate of drug-likeness (QED) is 0.759. The van der Waals surface area contributed by atoms with Crippen molar-refractivity contribution in [3.8, 4) is 0 Å². The summed E-state index contributed by atoms with van der Waals surface area (Å²) in [5, 5.41) is 0. The molecule has 2 nitrogen and oxygen atoms in total. The van der Waals surface area contributed by atoms with Crippen molar-refractivity contribution in [1.29, 1.82) is 0 Å². The molecule has 1 aliphatic rings. The first-order valence-electron chi connectivity index (χ1n) is 6.92. The lowest BCUT2D eigenvalue weighted by molar-refractivity contribution is 0.0904. The van der Waals surface area contributed by atoms with Crippen molar-refractivity contribution in [3.05, 3.63) is 35.4 Å². The Morgan fingerprint density at radius 1 is 1.44 bits per heavy atom. The standard InChI is InChI=1S/C16H23NO/c1-12(2)15-8-5-9-17(15)11-16(18)14-7-4-6-13(3)10-14/h4,6-7,10,12,15H,5,8-9,11H2,1-3H3. The van der Waals surface area contributed by atoms with Crippen LogP contribution in [0, 0.1) is 12.8 Å². The maximum atomic E-state index is 12.3. The van der Waals surface area contributed by atoms with E-state index in [2.05, 4.69) is 18.7 Å². The van der Waals surface area contributed by atoms with Crippen LogP contribution in [0.4, 0.5) is 0 Å². The van der Waals surface area contributed by atoms with Crippen molar-refractivity contribution in [3.63, 3.8) is 0 Å². The average Bonchev–Trinajstić information content (AvgIpc) is 2.77. The lowest BCUT2D eigenvalue weighted by atomic mass is 10.0. The summed E-state index contributed by atoms with van der Waals surface area (Å²) in [6, 6.07) is 8.49. The van der Waals surface area contributed by atoms with Crippen molar-refractivity contribution < 1.29 is 4.79 Å². The highest BCUT2D eigenvalue weighted by Gasteiger charge is 2.28. The van der Waals surface area contributed by atoms with Gasteiger partial charge in [-0.1, -0.05) is 37.6 Å². The molecule has 1 atom stereocenters. The lowest BCUT2D eigenvalue weighted by Crippen LogP contribution is -2.37. The molecule has 2 rings (SSSR count). The summed E-state index contributed by atoms with van der Waals surface area (Å²) in [7, 11) is 0. The van der Waals surface area contributed by atoms with Gasteiger partial charge in [0.1, 0.15) is 0 Å². The Hall–Kier alpha value is -1.15. The lowest BCUT2D eigenvalue weighted by Gasteiger charge is -2.26. The molecule has 0 aromatic heterocycles. The zero-order chi connectivity index (χ0) is 13.1. The normalized spacial score (nSPS) is 20.6. The first-order chi connectivity index (χ1) is 8.58. The molecule has 1 fully saturated rings. The van der Waals surface area contributed by atoms with Gasteiger partial charge in [0.25, 0.3) is 0 Å². The van der Waals surface area contributed by atoms with Gasteiger partial charge in [-0.2, -0.15) is 0 Å². The van der Waals surface area contributed by atoms with Gasteiger partial charge in [0.15, 0.2) is 5.78 Å². The summed E-state index contributed by atoms with van der Waals surface area (Å²) in [6.45, 7) is 8.18. The largest absolute Gasteiger partial charge is 0.293 e. The highest BCUT2D eigenvalue weighted by molar-refractivity contribution is 5.97. The van der Waals surface area contributed by atoms with Crippen LogP contribution in [0.2, 0.25) is 0 Å². The summed E-state index contributed by atoms with van der Waals surface area (Å²) >= 11 is 0. The minimum Gasteiger partial charge on any atom is -0.293 e. The van der Waals surface area contributed by atoms with Crippen molar-refractivity contribution in [2.24, 2.45) is 5.92 Å². The van der Waals surface area contributed by atoms with E-state index in [1.165, 1.54) is 12.8 Å². The van der Waals surface area contributed by atoms with Gasteiger partial charge in [-0.3, -0.25) is 9.69 Å². The van der Waals surface area contributed by atoms with Crippen LogP contribution in [0.5, 0.6) is 0 Å². The zero-order valence-electron chi connectivity index (χ0n) is 11.6. The van der Waals surface area contributed by atoms with E-state index in [0.29, 0.717) is 18.5 Å². The molecule has 0 N–H and O–H groups in total. The van der Waals surface area contributed by atoms with E-state index < -0.39 is 0 Å². The molecule has 1 aliphatic heterocycles. The number of ketones is 1. The smallest absolute Gasteiger partial charge is 0.176 e. The number of aryl methyl sites for hydroxylation is 1. The number of Topliss-reactive ketones (excluding diaryl/α,β-unsaturated/α-hetero) is 1. The molecule has 0 aliphatic carbocycles. The summed E-state index contributed by atoms with van der Waals surface area (Å²) in [5.41, 5.74) is 2.01. The molecule has 1 heterocycles. The Kier molecular flexibility index (Phi) is 4.18. The number of likely N-dealkylation sites (tertiary alicyclic amines) is 1.